The van der Waals surface area contributed by atoms with Crippen molar-refractivity contribution < 1.29 is 8.42 Å². The standard InChI is InChI=1S/C14H30N2O2S/c1-5-6-12-7-9-13(10-8-12)15-11-14(2,3)16-19(4,17)18/h12-13,15-16H,5-11H2,1-4H3. The van der Waals surface area contributed by atoms with E-state index >= 15 is 0 Å². The molecular weight excluding hydrogens is 260 g/mol. The Labute approximate surface area is 118 Å². The third-order valence-corrected chi connectivity index (χ3v) is 4.76. The highest BCUT2D eigenvalue weighted by atomic mass is 32.2. The molecule has 1 rings (SSSR count). The first kappa shape index (κ1) is 16.9. The predicted octanol–water partition coefficient (Wildman–Crippen LogP) is 2.26. The summed E-state index contributed by atoms with van der Waals surface area (Å²) in [4.78, 5) is 0. The Morgan fingerprint density at radius 3 is 2.21 bits per heavy atom. The smallest absolute Gasteiger partial charge is 0.209 e. The van der Waals surface area contributed by atoms with E-state index in [1.807, 2.05) is 13.8 Å². The van der Waals surface area contributed by atoms with Gasteiger partial charge in [0.15, 0.2) is 0 Å². The highest BCUT2D eigenvalue weighted by molar-refractivity contribution is 7.88. The Balaban J connectivity index is 2.30. The number of hydrogen-bond acceptors (Lipinski definition) is 3. The molecule has 0 unspecified atom stereocenters. The third-order valence-electron chi connectivity index (χ3n) is 3.84. The minimum atomic E-state index is -3.14. The van der Waals surface area contributed by atoms with Crippen LogP contribution in [-0.4, -0.2) is 32.8 Å². The lowest BCUT2D eigenvalue weighted by Gasteiger charge is -2.32. The van der Waals surface area contributed by atoms with Crippen molar-refractivity contribution in [3.8, 4) is 0 Å². The van der Waals surface area contributed by atoms with Crippen molar-refractivity contribution in [1.29, 1.82) is 0 Å². The van der Waals surface area contributed by atoms with E-state index < -0.39 is 15.6 Å². The third kappa shape index (κ3) is 7.28. The zero-order chi connectivity index (χ0) is 14.5. The Morgan fingerprint density at radius 1 is 1.16 bits per heavy atom. The van der Waals surface area contributed by atoms with Crippen LogP contribution < -0.4 is 10.0 Å². The van der Waals surface area contributed by atoms with E-state index in [4.69, 9.17) is 0 Å². The molecule has 114 valence electrons. The molecule has 1 aliphatic carbocycles. The molecule has 2 N–H and O–H groups in total. The number of rotatable bonds is 7. The van der Waals surface area contributed by atoms with Crippen molar-refractivity contribution in [2.24, 2.45) is 5.92 Å². The summed E-state index contributed by atoms with van der Waals surface area (Å²) >= 11 is 0. The van der Waals surface area contributed by atoms with Crippen LogP contribution in [0.1, 0.15) is 59.3 Å². The Morgan fingerprint density at radius 2 is 1.74 bits per heavy atom. The molecule has 0 heterocycles. The summed E-state index contributed by atoms with van der Waals surface area (Å²) in [6, 6.07) is 0.550. The minimum absolute atomic E-state index is 0.423. The summed E-state index contributed by atoms with van der Waals surface area (Å²) < 4.78 is 25.2. The van der Waals surface area contributed by atoms with Crippen molar-refractivity contribution in [1.82, 2.24) is 10.0 Å². The molecule has 0 atom stereocenters. The largest absolute Gasteiger partial charge is 0.312 e. The van der Waals surface area contributed by atoms with Crippen molar-refractivity contribution in [2.75, 3.05) is 12.8 Å². The second-order valence-electron chi connectivity index (χ2n) is 6.65. The average Bonchev–Trinajstić information content (AvgIpc) is 2.25. The van der Waals surface area contributed by atoms with Crippen LogP contribution in [0.5, 0.6) is 0 Å². The van der Waals surface area contributed by atoms with Crippen molar-refractivity contribution in [3.05, 3.63) is 0 Å². The molecule has 1 aliphatic rings. The highest BCUT2D eigenvalue weighted by Crippen LogP contribution is 2.27. The second-order valence-corrected chi connectivity index (χ2v) is 8.39. The van der Waals surface area contributed by atoms with Crippen LogP contribution in [0, 0.1) is 5.92 Å². The lowest BCUT2D eigenvalue weighted by atomic mass is 9.83. The molecule has 0 amide bonds. The Hall–Kier alpha value is -0.130. The van der Waals surface area contributed by atoms with Crippen LogP contribution in [0.15, 0.2) is 0 Å². The Kier molecular flexibility index (Phi) is 6.27. The molecule has 1 fully saturated rings. The molecule has 4 nitrogen and oxygen atoms in total. The zero-order valence-electron chi connectivity index (χ0n) is 12.8. The quantitative estimate of drug-likeness (QED) is 0.756. The molecular formula is C14H30N2O2S. The molecule has 0 aromatic heterocycles. The molecule has 0 spiro atoms. The van der Waals surface area contributed by atoms with Gasteiger partial charge < -0.3 is 5.32 Å². The number of hydrogen-bond donors (Lipinski definition) is 2. The lowest BCUT2D eigenvalue weighted by Crippen LogP contribution is -2.52. The average molecular weight is 290 g/mol. The van der Waals surface area contributed by atoms with E-state index in [1.54, 1.807) is 0 Å². The monoisotopic (exact) mass is 290 g/mol. The molecule has 0 aliphatic heterocycles. The second kappa shape index (κ2) is 7.04. The molecule has 0 bridgehead atoms. The van der Waals surface area contributed by atoms with Crippen molar-refractivity contribution in [3.63, 3.8) is 0 Å². The first-order chi connectivity index (χ1) is 8.72. The van der Waals surface area contributed by atoms with Gasteiger partial charge in [-0.25, -0.2) is 13.1 Å². The van der Waals surface area contributed by atoms with Crippen LogP contribution in [0.2, 0.25) is 0 Å². The van der Waals surface area contributed by atoms with Crippen LogP contribution in [0.4, 0.5) is 0 Å². The minimum Gasteiger partial charge on any atom is -0.312 e. The van der Waals surface area contributed by atoms with E-state index in [0.717, 1.165) is 5.92 Å². The fraction of sp³-hybridized carbons (Fsp3) is 1.00. The fourth-order valence-corrected chi connectivity index (χ4v) is 4.08. The van der Waals surface area contributed by atoms with Gasteiger partial charge in [0, 0.05) is 18.1 Å². The summed E-state index contributed by atoms with van der Waals surface area (Å²) in [7, 11) is -3.14. The van der Waals surface area contributed by atoms with Gasteiger partial charge in [-0.05, 0) is 45.4 Å². The van der Waals surface area contributed by atoms with E-state index in [0.29, 0.717) is 12.6 Å². The summed E-state index contributed by atoms with van der Waals surface area (Å²) in [5.41, 5.74) is -0.423. The van der Waals surface area contributed by atoms with E-state index in [9.17, 15) is 8.42 Å². The lowest BCUT2D eigenvalue weighted by molar-refractivity contribution is 0.265. The zero-order valence-corrected chi connectivity index (χ0v) is 13.6. The predicted molar refractivity (Wildman–Crippen MR) is 80.7 cm³/mol. The van der Waals surface area contributed by atoms with Gasteiger partial charge in [0.1, 0.15) is 0 Å². The summed E-state index contributed by atoms with van der Waals surface area (Å²) in [5, 5.41) is 3.52. The maximum Gasteiger partial charge on any atom is 0.209 e. The van der Waals surface area contributed by atoms with Crippen molar-refractivity contribution >= 4 is 10.0 Å². The van der Waals surface area contributed by atoms with Gasteiger partial charge in [-0.15, -0.1) is 0 Å². The summed E-state index contributed by atoms with van der Waals surface area (Å²) in [5.74, 6) is 0.908. The summed E-state index contributed by atoms with van der Waals surface area (Å²) in [6.07, 6.45) is 8.92. The van der Waals surface area contributed by atoms with Gasteiger partial charge in [0.05, 0.1) is 6.26 Å². The molecule has 5 heteroatoms. The topological polar surface area (TPSA) is 58.2 Å². The molecule has 0 aromatic rings. The van der Waals surface area contributed by atoms with Gasteiger partial charge in [-0.2, -0.15) is 0 Å². The SMILES string of the molecule is CCCC1CCC(NCC(C)(C)NS(C)(=O)=O)CC1. The fourth-order valence-electron chi connectivity index (χ4n) is 3.00. The van der Waals surface area contributed by atoms with E-state index in [2.05, 4.69) is 17.0 Å². The molecule has 1 saturated carbocycles. The maximum atomic E-state index is 11.3. The molecule has 0 saturated heterocycles. The normalized spacial score (nSPS) is 25.5. The van der Waals surface area contributed by atoms with Gasteiger partial charge in [0.2, 0.25) is 10.0 Å². The van der Waals surface area contributed by atoms with E-state index in [-0.39, 0.29) is 0 Å². The maximum absolute atomic E-state index is 11.3. The molecule has 0 radical (unpaired) electrons. The number of sulfonamides is 1. The van der Waals surface area contributed by atoms with Crippen molar-refractivity contribution in [2.45, 2.75) is 70.9 Å². The van der Waals surface area contributed by atoms with Gasteiger partial charge >= 0.3 is 0 Å². The Bertz CT molecular complexity index is 358. The van der Waals surface area contributed by atoms with Gasteiger partial charge in [0.25, 0.3) is 0 Å². The number of nitrogens with one attached hydrogen (secondary N) is 2. The van der Waals surface area contributed by atoms with E-state index in [1.165, 1.54) is 44.8 Å². The molecule has 19 heavy (non-hydrogen) atoms. The molecule has 0 aromatic carbocycles. The first-order valence-corrected chi connectivity index (χ1v) is 9.33. The van der Waals surface area contributed by atoms with Gasteiger partial charge in [-0.1, -0.05) is 19.8 Å². The van der Waals surface area contributed by atoms with Crippen LogP contribution in [0.3, 0.4) is 0 Å². The van der Waals surface area contributed by atoms with Crippen LogP contribution >= 0.6 is 0 Å². The highest BCUT2D eigenvalue weighted by Gasteiger charge is 2.25. The van der Waals surface area contributed by atoms with Gasteiger partial charge in [-0.3, -0.25) is 0 Å². The van der Waals surface area contributed by atoms with Crippen LogP contribution in [0.25, 0.3) is 0 Å². The van der Waals surface area contributed by atoms with Crippen LogP contribution in [-0.2, 0) is 10.0 Å². The first-order valence-electron chi connectivity index (χ1n) is 7.44. The summed E-state index contributed by atoms with van der Waals surface area (Å²) in [6.45, 7) is 6.78.